The number of aryl methyl sites for hydroxylation is 1. The SMILES string of the molecule is CCOCCCn1c(C)cc(C(=O)CCl)c1C. The van der Waals surface area contributed by atoms with E-state index in [0.717, 1.165) is 43.1 Å². The van der Waals surface area contributed by atoms with Crippen molar-refractivity contribution >= 4 is 17.4 Å². The van der Waals surface area contributed by atoms with Gasteiger partial charge < -0.3 is 9.30 Å². The van der Waals surface area contributed by atoms with Gasteiger partial charge in [0, 0.05) is 36.7 Å². The minimum atomic E-state index is -0.00387. The Bertz CT molecular complexity index is 385. The summed E-state index contributed by atoms with van der Waals surface area (Å²) in [5, 5.41) is 0. The highest BCUT2D eigenvalue weighted by Crippen LogP contribution is 2.16. The van der Waals surface area contributed by atoms with Gasteiger partial charge in [0.05, 0.1) is 5.88 Å². The standard InChI is InChI=1S/C13H20ClNO2/c1-4-17-7-5-6-15-10(2)8-12(11(15)3)13(16)9-14/h8H,4-7,9H2,1-3H3. The molecule has 0 aromatic carbocycles. The van der Waals surface area contributed by atoms with Gasteiger partial charge >= 0.3 is 0 Å². The number of Topliss-reactive ketones (excluding diaryl/α,β-unsaturated/α-hetero) is 1. The first-order valence-corrected chi connectivity index (χ1v) is 6.48. The average Bonchev–Trinajstić information content (AvgIpc) is 2.60. The van der Waals surface area contributed by atoms with Crippen LogP contribution in [-0.2, 0) is 11.3 Å². The number of hydrogen-bond donors (Lipinski definition) is 0. The van der Waals surface area contributed by atoms with Gasteiger partial charge in [-0.15, -0.1) is 11.6 Å². The molecule has 4 heteroatoms. The Labute approximate surface area is 108 Å². The van der Waals surface area contributed by atoms with E-state index < -0.39 is 0 Å². The highest BCUT2D eigenvalue weighted by molar-refractivity contribution is 6.30. The van der Waals surface area contributed by atoms with Gasteiger partial charge in [-0.3, -0.25) is 4.79 Å². The fourth-order valence-corrected chi connectivity index (χ4v) is 2.11. The Kier molecular flexibility index (Phi) is 5.72. The van der Waals surface area contributed by atoms with Crippen LogP contribution in [0.15, 0.2) is 6.07 Å². The summed E-state index contributed by atoms with van der Waals surface area (Å²) in [5.41, 5.74) is 2.85. The first-order chi connectivity index (χ1) is 8.11. The van der Waals surface area contributed by atoms with Gasteiger partial charge in [0.1, 0.15) is 0 Å². The van der Waals surface area contributed by atoms with E-state index in [4.69, 9.17) is 16.3 Å². The number of hydrogen-bond acceptors (Lipinski definition) is 2. The first-order valence-electron chi connectivity index (χ1n) is 5.95. The van der Waals surface area contributed by atoms with Crippen LogP contribution in [0.5, 0.6) is 0 Å². The van der Waals surface area contributed by atoms with Crippen molar-refractivity contribution in [3.63, 3.8) is 0 Å². The molecule has 0 fully saturated rings. The summed E-state index contributed by atoms with van der Waals surface area (Å²) in [6.07, 6.45) is 0.957. The van der Waals surface area contributed by atoms with Gasteiger partial charge in [-0.05, 0) is 33.3 Å². The predicted octanol–water partition coefficient (Wildman–Crippen LogP) is 2.95. The number of halogens is 1. The van der Waals surface area contributed by atoms with Crippen molar-refractivity contribution in [1.82, 2.24) is 4.57 Å². The lowest BCUT2D eigenvalue weighted by Gasteiger charge is -2.09. The fourth-order valence-electron chi connectivity index (χ4n) is 1.97. The fraction of sp³-hybridized carbons (Fsp3) is 0.615. The number of ether oxygens (including phenoxy) is 1. The Balaban J connectivity index is 2.72. The van der Waals surface area contributed by atoms with E-state index in [1.165, 1.54) is 0 Å². The molecule has 0 N–H and O–H groups in total. The minimum Gasteiger partial charge on any atom is -0.382 e. The van der Waals surface area contributed by atoms with Crippen molar-refractivity contribution in [2.75, 3.05) is 19.1 Å². The van der Waals surface area contributed by atoms with Crippen LogP contribution in [0.3, 0.4) is 0 Å². The maximum absolute atomic E-state index is 11.6. The number of rotatable bonds is 7. The molecular weight excluding hydrogens is 238 g/mol. The first kappa shape index (κ1) is 14.3. The van der Waals surface area contributed by atoms with Gasteiger partial charge in [0.15, 0.2) is 5.78 Å². The Morgan fingerprint density at radius 2 is 2.18 bits per heavy atom. The summed E-state index contributed by atoms with van der Waals surface area (Å²) in [6.45, 7) is 8.36. The molecule has 1 heterocycles. The third kappa shape index (κ3) is 3.58. The van der Waals surface area contributed by atoms with Crippen molar-refractivity contribution in [3.05, 3.63) is 23.0 Å². The summed E-state index contributed by atoms with van der Waals surface area (Å²) < 4.78 is 7.46. The summed E-state index contributed by atoms with van der Waals surface area (Å²) >= 11 is 5.59. The average molecular weight is 258 g/mol. The zero-order valence-electron chi connectivity index (χ0n) is 10.8. The molecule has 96 valence electrons. The Morgan fingerprint density at radius 3 is 2.76 bits per heavy atom. The molecular formula is C13H20ClNO2. The third-order valence-electron chi connectivity index (χ3n) is 2.87. The molecule has 0 atom stereocenters. The summed E-state index contributed by atoms with van der Waals surface area (Å²) in [5.74, 6) is 0.0410. The van der Waals surface area contributed by atoms with E-state index in [1.54, 1.807) is 0 Å². The molecule has 0 amide bonds. The van der Waals surface area contributed by atoms with Crippen LogP contribution < -0.4 is 0 Å². The second kappa shape index (κ2) is 6.82. The van der Waals surface area contributed by atoms with E-state index in [0.29, 0.717) is 0 Å². The quantitative estimate of drug-likeness (QED) is 0.427. The molecule has 0 saturated carbocycles. The van der Waals surface area contributed by atoms with Crippen LogP contribution in [-0.4, -0.2) is 29.4 Å². The van der Waals surface area contributed by atoms with Crippen LogP contribution in [0.2, 0.25) is 0 Å². The third-order valence-corrected chi connectivity index (χ3v) is 3.11. The second-order valence-electron chi connectivity index (χ2n) is 4.04. The number of ketones is 1. The van der Waals surface area contributed by atoms with Crippen LogP contribution in [0.4, 0.5) is 0 Å². The molecule has 1 aromatic rings. The molecule has 0 spiro atoms. The number of alkyl halides is 1. The number of aromatic nitrogens is 1. The predicted molar refractivity (Wildman–Crippen MR) is 70.1 cm³/mol. The number of carbonyl (C=O) groups is 1. The normalized spacial score (nSPS) is 10.8. The lowest BCUT2D eigenvalue weighted by atomic mass is 10.2. The van der Waals surface area contributed by atoms with E-state index in [9.17, 15) is 4.79 Å². The molecule has 0 aliphatic carbocycles. The summed E-state index contributed by atoms with van der Waals surface area (Å²) in [7, 11) is 0. The lowest BCUT2D eigenvalue weighted by Crippen LogP contribution is -2.08. The molecule has 0 aliphatic heterocycles. The van der Waals surface area contributed by atoms with Crippen LogP contribution in [0.25, 0.3) is 0 Å². The van der Waals surface area contributed by atoms with Gasteiger partial charge in [0.2, 0.25) is 0 Å². The van der Waals surface area contributed by atoms with Crippen LogP contribution in [0.1, 0.15) is 35.1 Å². The van der Waals surface area contributed by atoms with Crippen molar-refractivity contribution in [2.45, 2.75) is 33.7 Å². The molecule has 0 unspecified atom stereocenters. The highest BCUT2D eigenvalue weighted by atomic mass is 35.5. The van der Waals surface area contributed by atoms with Crippen molar-refractivity contribution < 1.29 is 9.53 Å². The maximum atomic E-state index is 11.6. The van der Waals surface area contributed by atoms with E-state index in [-0.39, 0.29) is 11.7 Å². The number of nitrogens with zero attached hydrogens (tertiary/aromatic N) is 1. The molecule has 0 aliphatic rings. The van der Waals surface area contributed by atoms with Gasteiger partial charge in [-0.2, -0.15) is 0 Å². The maximum Gasteiger partial charge on any atom is 0.179 e. The van der Waals surface area contributed by atoms with Crippen molar-refractivity contribution in [2.24, 2.45) is 0 Å². The minimum absolute atomic E-state index is 0.00387. The second-order valence-corrected chi connectivity index (χ2v) is 4.31. The smallest absolute Gasteiger partial charge is 0.179 e. The highest BCUT2D eigenvalue weighted by Gasteiger charge is 2.14. The van der Waals surface area contributed by atoms with E-state index in [2.05, 4.69) is 4.57 Å². The molecule has 0 saturated heterocycles. The van der Waals surface area contributed by atoms with Gasteiger partial charge in [-0.25, -0.2) is 0 Å². The monoisotopic (exact) mass is 257 g/mol. The molecule has 17 heavy (non-hydrogen) atoms. The zero-order chi connectivity index (χ0) is 12.8. The van der Waals surface area contributed by atoms with Crippen molar-refractivity contribution in [3.8, 4) is 0 Å². The lowest BCUT2D eigenvalue weighted by molar-refractivity contribution is 0.102. The summed E-state index contributed by atoms with van der Waals surface area (Å²) in [4.78, 5) is 11.6. The van der Waals surface area contributed by atoms with Crippen LogP contribution in [0, 0.1) is 13.8 Å². The van der Waals surface area contributed by atoms with Gasteiger partial charge in [-0.1, -0.05) is 0 Å². The van der Waals surface area contributed by atoms with E-state index in [1.807, 2.05) is 26.8 Å². The molecule has 1 rings (SSSR count). The molecule has 1 aromatic heterocycles. The Morgan fingerprint density at radius 1 is 1.47 bits per heavy atom. The van der Waals surface area contributed by atoms with Gasteiger partial charge in [0.25, 0.3) is 0 Å². The number of carbonyl (C=O) groups excluding carboxylic acids is 1. The molecule has 0 bridgehead atoms. The molecule has 3 nitrogen and oxygen atoms in total. The van der Waals surface area contributed by atoms with Crippen molar-refractivity contribution in [1.29, 1.82) is 0 Å². The van der Waals surface area contributed by atoms with E-state index >= 15 is 0 Å². The summed E-state index contributed by atoms with van der Waals surface area (Å²) in [6, 6.07) is 1.92. The van der Waals surface area contributed by atoms with Crippen LogP contribution >= 0.6 is 11.6 Å². The Hall–Kier alpha value is -0.800. The zero-order valence-corrected chi connectivity index (χ0v) is 11.5. The topological polar surface area (TPSA) is 31.2 Å². The molecule has 0 radical (unpaired) electrons. The largest absolute Gasteiger partial charge is 0.382 e.